The number of nitrogens with zero attached hydrogens (tertiary/aromatic N) is 3. The zero-order valence-electron chi connectivity index (χ0n) is 16.2. The van der Waals surface area contributed by atoms with E-state index >= 15 is 0 Å². The molecule has 26 heavy (non-hydrogen) atoms. The van der Waals surface area contributed by atoms with Gasteiger partial charge in [-0.3, -0.25) is 9.80 Å². The van der Waals surface area contributed by atoms with Gasteiger partial charge >= 0.3 is 0 Å². The maximum atomic E-state index is 2.64. The number of rotatable bonds is 4. The molecule has 3 nitrogen and oxygen atoms in total. The van der Waals surface area contributed by atoms with Crippen molar-refractivity contribution in [3.8, 4) is 0 Å². The highest BCUT2D eigenvalue weighted by molar-refractivity contribution is 5.56. The van der Waals surface area contributed by atoms with Gasteiger partial charge in [0.15, 0.2) is 0 Å². The lowest BCUT2D eigenvalue weighted by Gasteiger charge is -2.38. The van der Waals surface area contributed by atoms with E-state index in [2.05, 4.69) is 71.0 Å². The Labute approximate surface area is 158 Å². The standard InChI is InChI=1S/C23H31N3/c1-19-6-5-9-23(20(19)2)26-16-14-24(15-17-26)12-13-25-11-10-21-7-3-4-8-22(21)18-25/h3-9H,10-18H2,1-2H3. The van der Waals surface area contributed by atoms with Crippen LogP contribution in [-0.4, -0.2) is 55.6 Å². The Morgan fingerprint density at radius 3 is 2.27 bits per heavy atom. The summed E-state index contributed by atoms with van der Waals surface area (Å²) in [7, 11) is 0. The molecule has 4 rings (SSSR count). The summed E-state index contributed by atoms with van der Waals surface area (Å²) in [5.41, 5.74) is 7.34. The smallest absolute Gasteiger partial charge is 0.0399 e. The molecular weight excluding hydrogens is 318 g/mol. The van der Waals surface area contributed by atoms with Crippen LogP contribution in [0, 0.1) is 13.8 Å². The molecule has 3 heteroatoms. The quantitative estimate of drug-likeness (QED) is 0.837. The van der Waals surface area contributed by atoms with Gasteiger partial charge < -0.3 is 4.90 Å². The Balaban J connectivity index is 1.26. The Hall–Kier alpha value is -1.84. The SMILES string of the molecule is Cc1cccc(N2CCN(CCN3CCc4ccccc4C3)CC2)c1C. The molecule has 2 heterocycles. The fraction of sp³-hybridized carbons (Fsp3) is 0.478. The minimum Gasteiger partial charge on any atom is -0.369 e. The van der Waals surface area contributed by atoms with Crippen LogP contribution in [0.3, 0.4) is 0 Å². The lowest BCUT2D eigenvalue weighted by Crippen LogP contribution is -2.49. The van der Waals surface area contributed by atoms with E-state index in [0.29, 0.717) is 0 Å². The van der Waals surface area contributed by atoms with Crippen molar-refractivity contribution in [2.75, 3.05) is 50.7 Å². The van der Waals surface area contributed by atoms with Crippen molar-refractivity contribution >= 4 is 5.69 Å². The molecule has 0 amide bonds. The molecule has 0 unspecified atom stereocenters. The number of benzene rings is 2. The minimum absolute atomic E-state index is 1.12. The van der Waals surface area contributed by atoms with E-state index in [1.54, 1.807) is 5.56 Å². The maximum Gasteiger partial charge on any atom is 0.0399 e. The van der Waals surface area contributed by atoms with Crippen LogP contribution < -0.4 is 4.90 Å². The largest absolute Gasteiger partial charge is 0.369 e. The summed E-state index contributed by atoms with van der Waals surface area (Å²) in [6, 6.07) is 15.6. The van der Waals surface area contributed by atoms with Crippen LogP contribution in [0.5, 0.6) is 0 Å². The van der Waals surface area contributed by atoms with E-state index in [-0.39, 0.29) is 0 Å². The zero-order chi connectivity index (χ0) is 17.9. The molecule has 0 bridgehead atoms. The molecule has 1 fully saturated rings. The first-order chi connectivity index (χ1) is 12.7. The summed E-state index contributed by atoms with van der Waals surface area (Å²) in [5, 5.41) is 0. The molecule has 0 N–H and O–H groups in total. The van der Waals surface area contributed by atoms with Crippen molar-refractivity contribution in [3.05, 3.63) is 64.7 Å². The predicted octanol–water partition coefficient (Wildman–Crippen LogP) is 3.48. The molecule has 2 aromatic rings. The van der Waals surface area contributed by atoms with Gasteiger partial charge in [-0.05, 0) is 48.6 Å². The number of fused-ring (bicyclic) bond motifs is 1. The summed E-state index contributed by atoms with van der Waals surface area (Å²) in [6.45, 7) is 13.8. The first-order valence-corrected chi connectivity index (χ1v) is 10.0. The fourth-order valence-corrected chi connectivity index (χ4v) is 4.32. The fourth-order valence-electron chi connectivity index (χ4n) is 4.32. The van der Waals surface area contributed by atoms with Gasteiger partial charge in [-0.25, -0.2) is 0 Å². The lowest BCUT2D eigenvalue weighted by atomic mass is 10.00. The van der Waals surface area contributed by atoms with Crippen LogP contribution in [-0.2, 0) is 13.0 Å². The first kappa shape index (κ1) is 17.6. The molecule has 0 saturated carbocycles. The van der Waals surface area contributed by atoms with E-state index in [9.17, 15) is 0 Å². The van der Waals surface area contributed by atoms with Crippen molar-refractivity contribution < 1.29 is 0 Å². The number of anilines is 1. The Bertz CT molecular complexity index is 747. The molecule has 1 saturated heterocycles. The zero-order valence-corrected chi connectivity index (χ0v) is 16.2. The summed E-state index contributed by atoms with van der Waals surface area (Å²) >= 11 is 0. The van der Waals surface area contributed by atoms with Crippen LogP contribution >= 0.6 is 0 Å². The van der Waals surface area contributed by atoms with E-state index < -0.39 is 0 Å². The summed E-state index contributed by atoms with van der Waals surface area (Å²) in [5.74, 6) is 0. The van der Waals surface area contributed by atoms with E-state index in [4.69, 9.17) is 0 Å². The monoisotopic (exact) mass is 349 g/mol. The van der Waals surface area contributed by atoms with Gasteiger partial charge in [0.2, 0.25) is 0 Å². The molecule has 0 atom stereocenters. The molecule has 2 aliphatic heterocycles. The van der Waals surface area contributed by atoms with Crippen LogP contribution in [0.15, 0.2) is 42.5 Å². The van der Waals surface area contributed by atoms with Crippen LogP contribution in [0.4, 0.5) is 5.69 Å². The molecule has 0 spiro atoms. The van der Waals surface area contributed by atoms with Gasteiger partial charge in [-0.2, -0.15) is 0 Å². The highest BCUT2D eigenvalue weighted by Gasteiger charge is 2.20. The van der Waals surface area contributed by atoms with Gasteiger partial charge in [-0.1, -0.05) is 36.4 Å². The molecule has 0 radical (unpaired) electrons. The van der Waals surface area contributed by atoms with Crippen LogP contribution in [0.2, 0.25) is 0 Å². The van der Waals surface area contributed by atoms with Crippen molar-refractivity contribution in [1.29, 1.82) is 0 Å². The average molecular weight is 350 g/mol. The maximum absolute atomic E-state index is 2.64. The second kappa shape index (κ2) is 7.81. The van der Waals surface area contributed by atoms with Gasteiger partial charge in [0.1, 0.15) is 0 Å². The minimum atomic E-state index is 1.12. The van der Waals surface area contributed by atoms with Gasteiger partial charge in [0, 0.05) is 58.0 Å². The first-order valence-electron chi connectivity index (χ1n) is 10.0. The van der Waals surface area contributed by atoms with E-state index in [0.717, 1.165) is 19.6 Å². The third-order valence-corrected chi connectivity index (χ3v) is 6.23. The van der Waals surface area contributed by atoms with Gasteiger partial charge in [-0.15, -0.1) is 0 Å². The number of aryl methyl sites for hydroxylation is 1. The third-order valence-electron chi connectivity index (χ3n) is 6.23. The second-order valence-electron chi connectivity index (χ2n) is 7.84. The molecular formula is C23H31N3. The van der Waals surface area contributed by atoms with Crippen molar-refractivity contribution in [3.63, 3.8) is 0 Å². The summed E-state index contributed by atoms with van der Waals surface area (Å²) in [6.07, 6.45) is 1.20. The normalized spacial score (nSPS) is 18.8. The average Bonchev–Trinajstić information content (AvgIpc) is 2.69. The second-order valence-corrected chi connectivity index (χ2v) is 7.84. The highest BCUT2D eigenvalue weighted by Crippen LogP contribution is 2.24. The number of hydrogen-bond acceptors (Lipinski definition) is 3. The van der Waals surface area contributed by atoms with Crippen LogP contribution in [0.25, 0.3) is 0 Å². The number of hydrogen-bond donors (Lipinski definition) is 0. The van der Waals surface area contributed by atoms with Crippen molar-refractivity contribution in [2.24, 2.45) is 0 Å². The highest BCUT2D eigenvalue weighted by atomic mass is 15.3. The molecule has 2 aliphatic rings. The Morgan fingerprint density at radius 1 is 0.731 bits per heavy atom. The van der Waals surface area contributed by atoms with E-state index in [1.807, 2.05) is 0 Å². The topological polar surface area (TPSA) is 9.72 Å². The Kier molecular flexibility index (Phi) is 5.28. The Morgan fingerprint density at radius 2 is 1.46 bits per heavy atom. The molecule has 2 aromatic carbocycles. The summed E-state index contributed by atoms with van der Waals surface area (Å²) in [4.78, 5) is 7.83. The van der Waals surface area contributed by atoms with Crippen molar-refractivity contribution in [1.82, 2.24) is 9.80 Å². The van der Waals surface area contributed by atoms with Crippen molar-refractivity contribution in [2.45, 2.75) is 26.8 Å². The lowest BCUT2D eigenvalue weighted by molar-refractivity contribution is 0.187. The van der Waals surface area contributed by atoms with E-state index in [1.165, 1.54) is 61.5 Å². The van der Waals surface area contributed by atoms with Crippen LogP contribution in [0.1, 0.15) is 22.3 Å². The molecule has 138 valence electrons. The molecule has 0 aromatic heterocycles. The summed E-state index contributed by atoms with van der Waals surface area (Å²) < 4.78 is 0. The number of piperazine rings is 1. The molecule has 0 aliphatic carbocycles. The van der Waals surface area contributed by atoms with Gasteiger partial charge in [0.25, 0.3) is 0 Å². The third kappa shape index (κ3) is 3.79. The predicted molar refractivity (Wildman–Crippen MR) is 110 cm³/mol. The van der Waals surface area contributed by atoms with Gasteiger partial charge in [0.05, 0.1) is 0 Å².